The summed E-state index contributed by atoms with van der Waals surface area (Å²) in [5.74, 6) is 0.305. The van der Waals surface area contributed by atoms with Crippen LogP contribution in [0.5, 0.6) is 0 Å². The first-order valence-electron chi connectivity index (χ1n) is 11.1. The minimum absolute atomic E-state index is 0.0108. The summed E-state index contributed by atoms with van der Waals surface area (Å²) in [4.78, 5) is 16.9. The lowest BCUT2D eigenvalue weighted by Crippen LogP contribution is -2.38. The monoisotopic (exact) mass is 463 g/mol. The number of piperidine rings is 1. The number of rotatable bonds is 3. The van der Waals surface area contributed by atoms with E-state index < -0.39 is 15.7 Å². The van der Waals surface area contributed by atoms with Crippen LogP contribution in [0.1, 0.15) is 65.0 Å². The molecule has 5 rings (SSSR count). The highest BCUT2D eigenvalue weighted by Gasteiger charge is 2.39. The first-order valence-corrected chi connectivity index (χ1v) is 12.5. The third kappa shape index (κ3) is 3.57. The van der Waals surface area contributed by atoms with E-state index in [2.05, 4.69) is 31.0 Å². The van der Waals surface area contributed by atoms with Crippen LogP contribution >= 0.6 is 0 Å². The third-order valence-electron chi connectivity index (χ3n) is 7.21. The fraction of sp³-hybridized carbons (Fsp3) is 0.360. The second-order valence-electron chi connectivity index (χ2n) is 9.61. The lowest BCUT2D eigenvalue weighted by Gasteiger charge is -2.33. The van der Waals surface area contributed by atoms with Crippen molar-refractivity contribution in [2.45, 2.75) is 38.5 Å². The highest BCUT2D eigenvalue weighted by molar-refractivity contribution is 7.83. The Balaban J connectivity index is 1.47. The van der Waals surface area contributed by atoms with E-state index in [1.165, 1.54) is 0 Å². The van der Waals surface area contributed by atoms with Crippen molar-refractivity contribution in [3.63, 3.8) is 0 Å². The predicted octanol–water partition coefficient (Wildman–Crippen LogP) is 3.97. The van der Waals surface area contributed by atoms with Gasteiger partial charge in [-0.3, -0.25) is 9.35 Å². The summed E-state index contributed by atoms with van der Waals surface area (Å²) in [5.41, 5.74) is 5.24. The van der Waals surface area contributed by atoms with E-state index in [-0.39, 0.29) is 5.78 Å². The topological polar surface area (TPSA) is 114 Å². The minimum atomic E-state index is -4.13. The lowest BCUT2D eigenvalue weighted by atomic mass is 9.70. The molecule has 7 nitrogen and oxygen atoms in total. The predicted molar refractivity (Wildman–Crippen MR) is 125 cm³/mol. The summed E-state index contributed by atoms with van der Waals surface area (Å²) >= 11 is 0. The van der Waals surface area contributed by atoms with Crippen LogP contribution in [0.4, 0.5) is 0 Å². The molecule has 0 atom stereocenters. The van der Waals surface area contributed by atoms with Crippen LogP contribution in [-0.2, 0) is 22.1 Å². The van der Waals surface area contributed by atoms with Crippen molar-refractivity contribution in [2.24, 2.45) is 5.92 Å². The average molecular weight is 464 g/mol. The summed E-state index contributed by atoms with van der Waals surface area (Å²) in [6.45, 7) is 4.85. The molecule has 2 heterocycles. The zero-order valence-electron chi connectivity index (χ0n) is 18.6. The van der Waals surface area contributed by atoms with E-state index in [1.807, 2.05) is 18.2 Å². The van der Waals surface area contributed by atoms with Gasteiger partial charge in [0.15, 0.2) is 5.78 Å². The minimum Gasteiger partial charge on any atom is -0.357 e. The van der Waals surface area contributed by atoms with Gasteiger partial charge in [0.25, 0.3) is 0 Å². The van der Waals surface area contributed by atoms with Crippen LogP contribution in [0.2, 0.25) is 0 Å². The van der Waals surface area contributed by atoms with Crippen molar-refractivity contribution in [1.82, 2.24) is 9.29 Å². The molecule has 8 heteroatoms. The number of hydrogen-bond acceptors (Lipinski definition) is 4. The van der Waals surface area contributed by atoms with E-state index in [9.17, 15) is 23.0 Å². The summed E-state index contributed by atoms with van der Waals surface area (Å²) < 4.78 is 33.1. The Morgan fingerprint density at radius 3 is 2.58 bits per heavy atom. The number of ketones is 1. The van der Waals surface area contributed by atoms with Crippen molar-refractivity contribution in [2.75, 3.05) is 13.1 Å². The Morgan fingerprint density at radius 1 is 1.18 bits per heavy atom. The molecule has 0 unspecified atom stereocenters. The number of carbonyl (C=O) groups is 1. The Bertz CT molecular complexity index is 1440. The van der Waals surface area contributed by atoms with Gasteiger partial charge >= 0.3 is 10.3 Å². The van der Waals surface area contributed by atoms with Gasteiger partial charge in [-0.1, -0.05) is 38.1 Å². The molecule has 170 valence electrons. The van der Waals surface area contributed by atoms with E-state index in [1.54, 1.807) is 12.1 Å². The molecule has 33 heavy (non-hydrogen) atoms. The van der Waals surface area contributed by atoms with Gasteiger partial charge in [-0.05, 0) is 48.4 Å². The van der Waals surface area contributed by atoms with Crippen molar-refractivity contribution >= 4 is 27.0 Å². The standard InChI is InChI=1S/C25H25N3O4S/c1-25(2)20-12-16(11-15-7-9-28(10-8-15)33(30,31)32)3-5-18(20)23(29)22-19-6-4-17(14-26)13-21(19)27-24(22)25/h3-6,12-13,15,27H,7-11H2,1-2H3,(H,30,31,32). The summed E-state index contributed by atoms with van der Waals surface area (Å²) in [6, 6.07) is 13.5. The maximum Gasteiger partial charge on any atom is 0.335 e. The van der Waals surface area contributed by atoms with E-state index >= 15 is 0 Å². The van der Waals surface area contributed by atoms with Crippen molar-refractivity contribution in [3.05, 3.63) is 69.9 Å². The van der Waals surface area contributed by atoms with E-state index in [0.717, 1.165) is 38.4 Å². The number of hydrogen-bond donors (Lipinski definition) is 2. The summed E-state index contributed by atoms with van der Waals surface area (Å²) in [6.07, 6.45) is 2.17. The Labute approximate surface area is 192 Å². The van der Waals surface area contributed by atoms with Crippen molar-refractivity contribution < 1.29 is 17.8 Å². The Kier molecular flexibility index (Phi) is 4.98. The first-order chi connectivity index (χ1) is 15.6. The highest BCUT2D eigenvalue weighted by atomic mass is 32.2. The molecule has 1 aliphatic heterocycles. The van der Waals surface area contributed by atoms with Gasteiger partial charge in [0.2, 0.25) is 0 Å². The largest absolute Gasteiger partial charge is 0.357 e. The van der Waals surface area contributed by atoms with Crippen LogP contribution in [0, 0.1) is 17.2 Å². The SMILES string of the molecule is CC1(C)c2cc(CC3CCN(S(=O)(=O)O)CC3)ccc2C(=O)c2c1[nH]c1cc(C#N)ccc21. The van der Waals surface area contributed by atoms with Crippen LogP contribution in [-0.4, -0.2) is 41.1 Å². The smallest absolute Gasteiger partial charge is 0.335 e. The lowest BCUT2D eigenvalue weighted by molar-refractivity contribution is 0.103. The molecule has 2 aliphatic rings. The zero-order chi connectivity index (χ0) is 23.5. The molecule has 0 amide bonds. The van der Waals surface area contributed by atoms with Gasteiger partial charge in [0.05, 0.1) is 17.2 Å². The van der Waals surface area contributed by atoms with Crippen molar-refractivity contribution in [1.29, 1.82) is 5.26 Å². The second kappa shape index (κ2) is 7.52. The molecule has 1 saturated heterocycles. The first kappa shape index (κ1) is 21.8. The number of nitrogens with one attached hydrogen (secondary N) is 1. The molecule has 1 aliphatic carbocycles. The Morgan fingerprint density at radius 2 is 1.91 bits per heavy atom. The normalized spacial score (nSPS) is 18.7. The van der Waals surface area contributed by atoms with E-state index in [4.69, 9.17) is 0 Å². The molecule has 1 fully saturated rings. The fourth-order valence-corrected chi connectivity index (χ4v) is 6.02. The number of fused-ring (bicyclic) bond motifs is 4. The highest BCUT2D eigenvalue weighted by Crippen LogP contribution is 2.44. The van der Waals surface area contributed by atoms with Gasteiger partial charge < -0.3 is 4.98 Å². The zero-order valence-corrected chi connectivity index (χ0v) is 19.4. The van der Waals surface area contributed by atoms with Crippen LogP contribution in [0.15, 0.2) is 36.4 Å². The maximum absolute atomic E-state index is 13.5. The molecular weight excluding hydrogens is 438 g/mol. The van der Waals surface area contributed by atoms with Gasteiger partial charge in [-0.15, -0.1) is 0 Å². The molecule has 0 bridgehead atoms. The molecule has 0 saturated carbocycles. The van der Waals surface area contributed by atoms with Gasteiger partial charge in [-0.25, -0.2) is 0 Å². The Hall–Kier alpha value is -2.99. The van der Waals surface area contributed by atoms with E-state index in [0.29, 0.717) is 48.5 Å². The number of aromatic amines is 1. The maximum atomic E-state index is 13.5. The van der Waals surface area contributed by atoms with Gasteiger partial charge in [0, 0.05) is 40.7 Å². The van der Waals surface area contributed by atoms with Crippen LogP contribution in [0.25, 0.3) is 10.9 Å². The number of aromatic nitrogens is 1. The molecule has 1 aromatic heterocycles. The number of nitriles is 1. The number of carbonyl (C=O) groups excluding carboxylic acids is 1. The van der Waals surface area contributed by atoms with Gasteiger partial charge in [-0.2, -0.15) is 18.0 Å². The van der Waals surface area contributed by atoms with Crippen LogP contribution < -0.4 is 0 Å². The second-order valence-corrected chi connectivity index (χ2v) is 11.0. The summed E-state index contributed by atoms with van der Waals surface area (Å²) in [5, 5.41) is 10.1. The molecule has 3 aromatic rings. The van der Waals surface area contributed by atoms with Gasteiger partial charge in [0.1, 0.15) is 0 Å². The third-order valence-corrected chi connectivity index (χ3v) is 8.22. The molecule has 2 N–H and O–H groups in total. The molecule has 0 spiro atoms. The molecular formula is C25H25N3O4S. The number of benzene rings is 2. The summed E-state index contributed by atoms with van der Waals surface area (Å²) in [7, 11) is -4.13. The number of H-pyrrole nitrogens is 1. The average Bonchev–Trinajstić information content (AvgIpc) is 3.17. The van der Waals surface area contributed by atoms with Crippen molar-refractivity contribution in [3.8, 4) is 6.07 Å². The molecule has 2 aromatic carbocycles. The number of nitrogens with zero attached hydrogens (tertiary/aromatic N) is 2. The van der Waals surface area contributed by atoms with Crippen LogP contribution in [0.3, 0.4) is 0 Å². The fourth-order valence-electron chi connectivity index (χ4n) is 5.35. The quantitative estimate of drug-likeness (QED) is 0.571. The molecule has 0 radical (unpaired) electrons.